The van der Waals surface area contributed by atoms with Gasteiger partial charge in [0.05, 0.1) is 0 Å². The van der Waals surface area contributed by atoms with Crippen molar-refractivity contribution in [2.24, 2.45) is 0 Å². The van der Waals surface area contributed by atoms with Gasteiger partial charge in [-0.3, -0.25) is 0 Å². The maximum absolute atomic E-state index is 12.1. The van der Waals surface area contributed by atoms with Crippen LogP contribution in [0, 0.1) is 0 Å². The predicted octanol–water partition coefficient (Wildman–Crippen LogP) is 0.212. The van der Waals surface area contributed by atoms with E-state index < -0.39 is 12.0 Å². The molecular formula is C13H25N3O4. The minimum Gasteiger partial charge on any atom is -0.480 e. The zero-order valence-electron chi connectivity index (χ0n) is 12.5. The highest BCUT2D eigenvalue weighted by Crippen LogP contribution is 2.13. The minimum atomic E-state index is -1.04. The van der Waals surface area contributed by atoms with Crippen molar-refractivity contribution < 1.29 is 19.4 Å². The molecule has 2 amide bonds. The van der Waals surface area contributed by atoms with Crippen LogP contribution in [0.25, 0.3) is 0 Å². The molecule has 2 unspecified atom stereocenters. The first-order chi connectivity index (χ1) is 9.45. The number of carbonyl (C=O) groups excluding carboxylic acids is 1. The van der Waals surface area contributed by atoms with Crippen LogP contribution in [0.1, 0.15) is 19.3 Å². The zero-order valence-corrected chi connectivity index (χ0v) is 12.5. The summed E-state index contributed by atoms with van der Waals surface area (Å²) in [6.45, 7) is 2.16. The molecule has 1 aliphatic rings. The van der Waals surface area contributed by atoms with Crippen LogP contribution >= 0.6 is 0 Å². The molecule has 1 saturated heterocycles. The Bertz CT molecular complexity index is 338. The Morgan fingerprint density at radius 3 is 2.80 bits per heavy atom. The molecule has 0 saturated carbocycles. The van der Waals surface area contributed by atoms with E-state index >= 15 is 0 Å². The molecule has 0 aliphatic carbocycles. The first-order valence-electron chi connectivity index (χ1n) is 6.89. The number of rotatable bonds is 6. The maximum atomic E-state index is 12.1. The lowest BCUT2D eigenvalue weighted by Gasteiger charge is -2.36. The number of aliphatic carboxylic acids is 1. The summed E-state index contributed by atoms with van der Waals surface area (Å²) in [5, 5.41) is 11.6. The Hall–Kier alpha value is -1.34. The highest BCUT2D eigenvalue weighted by Gasteiger charge is 2.27. The van der Waals surface area contributed by atoms with Crippen LogP contribution in [0.5, 0.6) is 0 Å². The first-order valence-corrected chi connectivity index (χ1v) is 6.89. The van der Waals surface area contributed by atoms with Crippen molar-refractivity contribution in [2.45, 2.75) is 31.3 Å². The molecule has 7 heteroatoms. The number of hydrogen-bond acceptors (Lipinski definition) is 4. The summed E-state index contributed by atoms with van der Waals surface area (Å²) >= 11 is 0. The summed E-state index contributed by atoms with van der Waals surface area (Å²) in [5.74, 6) is -1.04. The average molecular weight is 287 g/mol. The predicted molar refractivity (Wildman–Crippen MR) is 74.7 cm³/mol. The first kappa shape index (κ1) is 16.7. The third-order valence-corrected chi connectivity index (χ3v) is 3.67. The monoisotopic (exact) mass is 287 g/mol. The molecule has 2 atom stereocenters. The fourth-order valence-corrected chi connectivity index (χ4v) is 2.37. The van der Waals surface area contributed by atoms with E-state index in [1.807, 2.05) is 7.05 Å². The van der Waals surface area contributed by atoms with Gasteiger partial charge in [0.1, 0.15) is 6.04 Å². The lowest BCUT2D eigenvalue weighted by atomic mass is 10.1. The van der Waals surface area contributed by atoms with Gasteiger partial charge in [-0.05, 0) is 26.4 Å². The molecule has 2 N–H and O–H groups in total. The van der Waals surface area contributed by atoms with Crippen molar-refractivity contribution >= 4 is 12.0 Å². The van der Waals surface area contributed by atoms with Gasteiger partial charge in [-0.15, -0.1) is 0 Å². The van der Waals surface area contributed by atoms with E-state index in [2.05, 4.69) is 10.2 Å². The van der Waals surface area contributed by atoms with E-state index in [1.54, 1.807) is 11.9 Å². The van der Waals surface area contributed by atoms with Gasteiger partial charge in [-0.25, -0.2) is 9.59 Å². The number of ether oxygens (including phenoxy) is 1. The Balaban J connectivity index is 2.52. The molecule has 0 bridgehead atoms. The zero-order chi connectivity index (χ0) is 15.1. The van der Waals surface area contributed by atoms with Crippen LogP contribution in [-0.2, 0) is 9.53 Å². The van der Waals surface area contributed by atoms with Gasteiger partial charge < -0.3 is 25.0 Å². The van der Waals surface area contributed by atoms with Gasteiger partial charge in [-0.1, -0.05) is 0 Å². The van der Waals surface area contributed by atoms with Gasteiger partial charge in [0.15, 0.2) is 0 Å². The number of nitrogens with zero attached hydrogens (tertiary/aromatic N) is 2. The van der Waals surface area contributed by atoms with E-state index in [0.717, 1.165) is 25.9 Å². The number of methoxy groups -OCH3 is 1. The molecule has 116 valence electrons. The fourth-order valence-electron chi connectivity index (χ4n) is 2.37. The molecule has 0 aromatic rings. The summed E-state index contributed by atoms with van der Waals surface area (Å²) in [6, 6.07) is -1.12. The Labute approximate surface area is 119 Å². The molecule has 0 radical (unpaired) electrons. The number of carbonyl (C=O) groups is 2. The second kappa shape index (κ2) is 8.06. The fraction of sp³-hybridized carbons (Fsp3) is 0.846. The van der Waals surface area contributed by atoms with Gasteiger partial charge in [0, 0.05) is 39.8 Å². The number of urea groups is 1. The summed E-state index contributed by atoms with van der Waals surface area (Å²) in [6.07, 6.45) is 2.25. The number of amides is 2. The number of hydrogen-bond donors (Lipinski definition) is 2. The molecule has 1 heterocycles. The topological polar surface area (TPSA) is 82.1 Å². The SMILES string of the molecule is COCCC(NC(=O)N(C)C1CCCN(C)C1)C(=O)O. The summed E-state index contributed by atoms with van der Waals surface area (Å²) < 4.78 is 4.86. The van der Waals surface area contributed by atoms with Crippen LogP contribution < -0.4 is 5.32 Å². The molecule has 20 heavy (non-hydrogen) atoms. The number of piperidine rings is 1. The average Bonchev–Trinajstić information content (AvgIpc) is 2.42. The third kappa shape index (κ3) is 4.97. The number of likely N-dealkylation sites (tertiary alicyclic amines) is 1. The van der Waals surface area contributed by atoms with Gasteiger partial charge >= 0.3 is 12.0 Å². The summed E-state index contributed by atoms with van der Waals surface area (Å²) in [5.41, 5.74) is 0. The van der Waals surface area contributed by atoms with E-state index in [-0.39, 0.29) is 18.5 Å². The lowest BCUT2D eigenvalue weighted by molar-refractivity contribution is -0.139. The molecule has 0 aromatic carbocycles. The van der Waals surface area contributed by atoms with Crippen molar-refractivity contribution in [3.8, 4) is 0 Å². The van der Waals surface area contributed by atoms with Gasteiger partial charge in [-0.2, -0.15) is 0 Å². The number of nitrogens with one attached hydrogen (secondary N) is 1. The van der Waals surface area contributed by atoms with Crippen LogP contribution in [0.3, 0.4) is 0 Å². The maximum Gasteiger partial charge on any atom is 0.326 e. The van der Waals surface area contributed by atoms with Gasteiger partial charge in [0.25, 0.3) is 0 Å². The van der Waals surface area contributed by atoms with Crippen molar-refractivity contribution in [1.29, 1.82) is 0 Å². The van der Waals surface area contributed by atoms with Crippen molar-refractivity contribution in [1.82, 2.24) is 15.1 Å². The number of carboxylic acids is 1. The van der Waals surface area contributed by atoms with Crippen LogP contribution in [-0.4, -0.2) is 79.9 Å². The van der Waals surface area contributed by atoms with Gasteiger partial charge in [0.2, 0.25) is 0 Å². The quantitative estimate of drug-likeness (QED) is 0.730. The van der Waals surface area contributed by atoms with Crippen molar-refractivity contribution in [3.63, 3.8) is 0 Å². The lowest BCUT2D eigenvalue weighted by Crippen LogP contribution is -2.53. The van der Waals surface area contributed by atoms with Crippen LogP contribution in [0.15, 0.2) is 0 Å². The Kier molecular flexibility index (Phi) is 6.74. The second-order valence-electron chi connectivity index (χ2n) is 5.29. The largest absolute Gasteiger partial charge is 0.480 e. The van der Waals surface area contributed by atoms with Crippen molar-refractivity contribution in [3.05, 3.63) is 0 Å². The smallest absolute Gasteiger partial charge is 0.326 e. The molecule has 1 rings (SSSR count). The standard InChI is InChI=1S/C13H25N3O4/c1-15-7-4-5-10(9-15)16(2)13(19)14-11(12(17)18)6-8-20-3/h10-11H,4-9H2,1-3H3,(H,14,19)(H,17,18). The van der Waals surface area contributed by atoms with E-state index in [9.17, 15) is 9.59 Å². The van der Waals surface area contributed by atoms with Crippen molar-refractivity contribution in [2.75, 3.05) is 40.9 Å². The number of likely N-dealkylation sites (N-methyl/N-ethyl adjacent to an activating group) is 2. The molecule has 0 aromatic heterocycles. The molecule has 1 aliphatic heterocycles. The molecular weight excluding hydrogens is 262 g/mol. The highest BCUT2D eigenvalue weighted by molar-refractivity contribution is 5.82. The molecule has 0 spiro atoms. The van der Waals surface area contributed by atoms with Crippen LogP contribution in [0.4, 0.5) is 4.79 Å². The molecule has 7 nitrogen and oxygen atoms in total. The summed E-state index contributed by atoms with van der Waals surface area (Å²) in [7, 11) is 5.25. The Morgan fingerprint density at radius 2 is 2.25 bits per heavy atom. The Morgan fingerprint density at radius 1 is 1.55 bits per heavy atom. The second-order valence-corrected chi connectivity index (χ2v) is 5.29. The summed E-state index contributed by atoms with van der Waals surface area (Å²) in [4.78, 5) is 27.0. The normalized spacial score (nSPS) is 21.2. The minimum absolute atomic E-state index is 0.130. The van der Waals surface area contributed by atoms with E-state index in [0.29, 0.717) is 6.61 Å². The van der Waals surface area contributed by atoms with E-state index in [1.165, 1.54) is 7.11 Å². The number of carboxylic acid groups (broad SMARTS) is 1. The van der Waals surface area contributed by atoms with Crippen LogP contribution in [0.2, 0.25) is 0 Å². The van der Waals surface area contributed by atoms with E-state index in [4.69, 9.17) is 9.84 Å². The highest BCUT2D eigenvalue weighted by atomic mass is 16.5. The third-order valence-electron chi connectivity index (χ3n) is 3.67. The molecule has 1 fully saturated rings.